The molecule has 1 heterocycles. The maximum Gasteiger partial charge on any atom is 0.140 e. The molecule has 0 saturated carbocycles. The third-order valence-electron chi connectivity index (χ3n) is 3.38. The van der Waals surface area contributed by atoms with Crippen LogP contribution in [0.2, 0.25) is 5.02 Å². The van der Waals surface area contributed by atoms with E-state index in [0.717, 1.165) is 27.7 Å². The van der Waals surface area contributed by atoms with Crippen LogP contribution in [-0.4, -0.2) is 0 Å². The van der Waals surface area contributed by atoms with E-state index < -0.39 is 0 Å². The molecule has 0 unspecified atom stereocenters. The number of benzene rings is 3. The van der Waals surface area contributed by atoms with Crippen molar-refractivity contribution in [2.75, 3.05) is 0 Å². The zero-order valence-electron chi connectivity index (χ0n) is 11.0. The second-order valence-electron chi connectivity index (χ2n) is 4.79. The lowest BCUT2D eigenvalue weighted by atomic mass is 10.1. The van der Waals surface area contributed by atoms with Crippen LogP contribution in [0.5, 0.6) is 11.5 Å². The third kappa shape index (κ3) is 2.14. The molecule has 0 spiro atoms. The Bertz CT molecular complexity index is 926. The first-order valence-electron chi connectivity index (χ1n) is 6.65. The molecule has 4 rings (SSSR count). The lowest BCUT2D eigenvalue weighted by molar-refractivity contribution is 0.488. The van der Waals surface area contributed by atoms with Crippen molar-refractivity contribution < 1.29 is 9.15 Å². The summed E-state index contributed by atoms with van der Waals surface area (Å²) in [6.45, 7) is 0. The van der Waals surface area contributed by atoms with Gasteiger partial charge in [-0.05, 0) is 18.2 Å². The average Bonchev–Trinajstić information content (AvgIpc) is 2.86. The van der Waals surface area contributed by atoms with Gasteiger partial charge in [0.2, 0.25) is 0 Å². The Morgan fingerprint density at radius 3 is 2.43 bits per heavy atom. The monoisotopic (exact) mass is 294 g/mol. The van der Waals surface area contributed by atoms with Crippen LogP contribution >= 0.6 is 11.6 Å². The summed E-state index contributed by atoms with van der Waals surface area (Å²) in [6, 6.07) is 21.2. The Balaban J connectivity index is 1.98. The number of hydrogen-bond donors (Lipinski definition) is 0. The predicted octanol–water partition coefficient (Wildman–Crippen LogP) is 6.03. The van der Waals surface area contributed by atoms with Crippen molar-refractivity contribution in [3.63, 3.8) is 0 Å². The fourth-order valence-corrected chi connectivity index (χ4v) is 2.68. The molecule has 0 aliphatic heterocycles. The highest BCUT2D eigenvalue weighted by Crippen LogP contribution is 2.39. The van der Waals surface area contributed by atoms with Gasteiger partial charge >= 0.3 is 0 Å². The van der Waals surface area contributed by atoms with Gasteiger partial charge in [-0.3, -0.25) is 0 Å². The molecular formula is C18H11ClO2. The number of ether oxygens (including phenoxy) is 1. The van der Waals surface area contributed by atoms with Crippen molar-refractivity contribution in [2.45, 2.75) is 0 Å². The molecule has 0 fully saturated rings. The molecule has 0 bridgehead atoms. The molecule has 0 atom stereocenters. The fraction of sp³-hybridized carbons (Fsp3) is 0. The molecule has 4 aromatic rings. The van der Waals surface area contributed by atoms with Crippen LogP contribution in [0.1, 0.15) is 0 Å². The zero-order valence-corrected chi connectivity index (χ0v) is 11.8. The van der Waals surface area contributed by atoms with E-state index in [-0.39, 0.29) is 0 Å². The van der Waals surface area contributed by atoms with Crippen LogP contribution in [0.3, 0.4) is 0 Å². The number of para-hydroxylation sites is 2. The molecule has 21 heavy (non-hydrogen) atoms. The van der Waals surface area contributed by atoms with Gasteiger partial charge in [-0.2, -0.15) is 0 Å². The fourth-order valence-electron chi connectivity index (χ4n) is 2.48. The minimum Gasteiger partial charge on any atom is -0.457 e. The predicted molar refractivity (Wildman–Crippen MR) is 85.2 cm³/mol. The molecule has 2 nitrogen and oxygen atoms in total. The first kappa shape index (κ1) is 12.3. The Labute approximate surface area is 126 Å². The summed E-state index contributed by atoms with van der Waals surface area (Å²) in [7, 11) is 0. The van der Waals surface area contributed by atoms with E-state index in [4.69, 9.17) is 20.8 Å². The minimum atomic E-state index is 0.590. The molecule has 0 aliphatic carbocycles. The summed E-state index contributed by atoms with van der Waals surface area (Å²) < 4.78 is 11.8. The van der Waals surface area contributed by atoms with Crippen molar-refractivity contribution in [3.05, 3.63) is 71.8 Å². The van der Waals surface area contributed by atoms with Crippen LogP contribution in [0.15, 0.2) is 71.1 Å². The Morgan fingerprint density at radius 2 is 1.57 bits per heavy atom. The summed E-state index contributed by atoms with van der Waals surface area (Å²) in [5.41, 5.74) is 1.56. The Hall–Kier alpha value is -2.45. The first-order valence-corrected chi connectivity index (χ1v) is 7.03. The van der Waals surface area contributed by atoms with Crippen molar-refractivity contribution >= 4 is 33.5 Å². The second-order valence-corrected chi connectivity index (χ2v) is 5.23. The lowest BCUT2D eigenvalue weighted by Gasteiger charge is -2.07. The van der Waals surface area contributed by atoms with Crippen molar-refractivity contribution in [2.24, 2.45) is 0 Å². The quantitative estimate of drug-likeness (QED) is 0.450. The van der Waals surface area contributed by atoms with E-state index in [1.807, 2.05) is 66.7 Å². The number of halogens is 1. The molecule has 1 aromatic heterocycles. The van der Waals surface area contributed by atoms with Crippen LogP contribution < -0.4 is 4.74 Å². The Kier molecular flexibility index (Phi) is 2.83. The van der Waals surface area contributed by atoms with Crippen LogP contribution in [0, 0.1) is 0 Å². The topological polar surface area (TPSA) is 22.4 Å². The summed E-state index contributed by atoms with van der Waals surface area (Å²) in [5.74, 6) is 1.47. The largest absolute Gasteiger partial charge is 0.457 e. The van der Waals surface area contributed by atoms with E-state index in [1.54, 1.807) is 0 Å². The molecule has 0 saturated heterocycles. The summed E-state index contributed by atoms with van der Waals surface area (Å²) in [5, 5.41) is 2.56. The van der Waals surface area contributed by atoms with Crippen molar-refractivity contribution in [1.29, 1.82) is 0 Å². The third-order valence-corrected chi connectivity index (χ3v) is 3.60. The van der Waals surface area contributed by atoms with Crippen molar-refractivity contribution in [1.82, 2.24) is 0 Å². The van der Waals surface area contributed by atoms with Crippen LogP contribution in [0.4, 0.5) is 0 Å². The van der Waals surface area contributed by atoms with E-state index in [9.17, 15) is 0 Å². The lowest BCUT2D eigenvalue weighted by Crippen LogP contribution is -1.84. The Morgan fingerprint density at radius 1 is 0.810 bits per heavy atom. The van der Waals surface area contributed by atoms with Crippen LogP contribution in [-0.2, 0) is 0 Å². The smallest absolute Gasteiger partial charge is 0.140 e. The molecule has 0 amide bonds. The highest BCUT2D eigenvalue weighted by atomic mass is 35.5. The van der Waals surface area contributed by atoms with Gasteiger partial charge < -0.3 is 9.15 Å². The standard InChI is InChI=1S/C18H11ClO2/c19-12-10-16(20-13-6-2-1-3-7-13)18-14-8-4-5-9-15(14)21-17(18)11-12/h1-11H. The summed E-state index contributed by atoms with van der Waals surface area (Å²) in [4.78, 5) is 0. The number of fused-ring (bicyclic) bond motifs is 3. The summed E-state index contributed by atoms with van der Waals surface area (Å²) in [6.07, 6.45) is 0. The normalized spacial score (nSPS) is 11.1. The number of hydrogen-bond acceptors (Lipinski definition) is 2. The maximum absolute atomic E-state index is 6.18. The van der Waals surface area contributed by atoms with Gasteiger partial charge in [0.05, 0.1) is 5.39 Å². The molecule has 0 aliphatic rings. The van der Waals surface area contributed by atoms with E-state index >= 15 is 0 Å². The highest BCUT2D eigenvalue weighted by molar-refractivity contribution is 6.32. The van der Waals surface area contributed by atoms with Gasteiger partial charge in [-0.25, -0.2) is 0 Å². The molecule has 0 N–H and O–H groups in total. The molecule has 3 aromatic carbocycles. The average molecular weight is 295 g/mol. The van der Waals surface area contributed by atoms with E-state index in [0.29, 0.717) is 10.8 Å². The van der Waals surface area contributed by atoms with Gasteiger partial charge in [0.25, 0.3) is 0 Å². The molecule has 102 valence electrons. The van der Waals surface area contributed by atoms with Gasteiger partial charge in [0, 0.05) is 22.5 Å². The zero-order chi connectivity index (χ0) is 14.2. The second kappa shape index (κ2) is 4.83. The van der Waals surface area contributed by atoms with E-state index in [2.05, 4.69) is 0 Å². The van der Waals surface area contributed by atoms with Gasteiger partial charge in [-0.15, -0.1) is 0 Å². The molecular weight excluding hydrogens is 284 g/mol. The molecule has 0 radical (unpaired) electrons. The van der Waals surface area contributed by atoms with Crippen LogP contribution in [0.25, 0.3) is 21.9 Å². The summed E-state index contributed by atoms with van der Waals surface area (Å²) >= 11 is 6.18. The van der Waals surface area contributed by atoms with E-state index in [1.165, 1.54) is 0 Å². The van der Waals surface area contributed by atoms with Gasteiger partial charge in [0.1, 0.15) is 22.7 Å². The number of furan rings is 1. The van der Waals surface area contributed by atoms with Gasteiger partial charge in [0.15, 0.2) is 0 Å². The minimum absolute atomic E-state index is 0.590. The van der Waals surface area contributed by atoms with Gasteiger partial charge in [-0.1, -0.05) is 48.0 Å². The maximum atomic E-state index is 6.18. The highest BCUT2D eigenvalue weighted by Gasteiger charge is 2.13. The molecule has 3 heteroatoms. The number of rotatable bonds is 2. The first-order chi connectivity index (χ1) is 10.3. The SMILES string of the molecule is Clc1cc(Oc2ccccc2)c2c(c1)oc1ccccc12. The van der Waals surface area contributed by atoms with Crippen molar-refractivity contribution in [3.8, 4) is 11.5 Å².